The predicted octanol–water partition coefficient (Wildman–Crippen LogP) is 5.68. The van der Waals surface area contributed by atoms with Crippen LogP contribution in [0.1, 0.15) is 20.8 Å². The number of para-hydroxylation sites is 1. The molecule has 4 rings (SSSR count). The highest BCUT2D eigenvalue weighted by molar-refractivity contribution is 7.23. The maximum atomic E-state index is 12.7. The number of imidazole rings is 1. The summed E-state index contributed by atoms with van der Waals surface area (Å²) in [7, 11) is 3.45. The number of carbonyl (C=O) groups excluding carboxylic acids is 1. The molecule has 4 aromatic rings. The minimum Gasteiger partial charge on any atom is -0.347 e. The number of thiazole rings is 1. The number of likely N-dealkylation sites (N-methyl/N-ethyl adjacent to an activating group) is 1. The van der Waals surface area contributed by atoms with E-state index in [0.29, 0.717) is 0 Å². The number of rotatable bonds is 3. The third-order valence-corrected chi connectivity index (χ3v) is 6.76. The smallest absolute Gasteiger partial charge is 0.246 e. The van der Waals surface area contributed by atoms with Gasteiger partial charge in [0.2, 0.25) is 5.91 Å². The minimum absolute atomic E-state index is 0. The molecule has 8 heteroatoms. The van der Waals surface area contributed by atoms with Crippen LogP contribution in [0.15, 0.2) is 30.3 Å². The van der Waals surface area contributed by atoms with E-state index in [0.717, 1.165) is 32.1 Å². The fourth-order valence-electron chi connectivity index (χ4n) is 3.18. The standard InChI is InChI=1S/C19H18ClN3OS2.ClH/c1-10-9-12(11(2)25-10)16-17(15(20)18(24)22(3)4)23-13-7-5-6-8-14(13)26-19(23)21-16;/h5-9,15H,1-4H3;1H. The number of carbonyl (C=O) groups is 1. The fourth-order valence-corrected chi connectivity index (χ4v) is 5.53. The molecule has 1 atom stereocenters. The Labute approximate surface area is 176 Å². The van der Waals surface area contributed by atoms with Crippen molar-refractivity contribution in [2.24, 2.45) is 0 Å². The van der Waals surface area contributed by atoms with Crippen LogP contribution >= 0.6 is 46.7 Å². The molecule has 0 radical (unpaired) electrons. The zero-order chi connectivity index (χ0) is 18.6. The number of amides is 1. The molecule has 0 saturated heterocycles. The van der Waals surface area contributed by atoms with Crippen LogP contribution in [0.25, 0.3) is 26.4 Å². The first-order valence-electron chi connectivity index (χ1n) is 8.21. The Morgan fingerprint density at radius 3 is 2.56 bits per heavy atom. The average molecular weight is 440 g/mol. The summed E-state index contributed by atoms with van der Waals surface area (Å²) in [6.45, 7) is 4.16. The highest BCUT2D eigenvalue weighted by atomic mass is 35.5. The number of benzene rings is 1. The normalized spacial score (nSPS) is 12.3. The molecular formula is C19H19Cl2N3OS2. The van der Waals surface area contributed by atoms with Gasteiger partial charge in [-0.25, -0.2) is 4.98 Å². The summed E-state index contributed by atoms with van der Waals surface area (Å²) in [5, 5.41) is -0.799. The second kappa shape index (κ2) is 7.43. The van der Waals surface area contributed by atoms with Crippen LogP contribution in [0, 0.1) is 13.8 Å². The van der Waals surface area contributed by atoms with Crippen molar-refractivity contribution in [1.82, 2.24) is 14.3 Å². The number of fused-ring (bicyclic) bond motifs is 3. The molecule has 4 nitrogen and oxygen atoms in total. The van der Waals surface area contributed by atoms with Crippen LogP contribution in [-0.2, 0) is 4.79 Å². The molecule has 142 valence electrons. The van der Waals surface area contributed by atoms with Crippen molar-refractivity contribution in [2.75, 3.05) is 14.1 Å². The lowest BCUT2D eigenvalue weighted by atomic mass is 10.1. The first kappa shape index (κ1) is 20.1. The van der Waals surface area contributed by atoms with Crippen molar-refractivity contribution in [3.05, 3.63) is 45.8 Å². The van der Waals surface area contributed by atoms with Gasteiger partial charge in [0.1, 0.15) is 0 Å². The fraction of sp³-hybridized carbons (Fsp3) is 0.263. The lowest BCUT2D eigenvalue weighted by Crippen LogP contribution is -2.26. The van der Waals surface area contributed by atoms with Crippen LogP contribution in [0.2, 0.25) is 0 Å². The predicted molar refractivity (Wildman–Crippen MR) is 118 cm³/mol. The highest BCUT2D eigenvalue weighted by Gasteiger charge is 2.30. The summed E-state index contributed by atoms with van der Waals surface area (Å²) in [4.78, 5) is 22.4. The third-order valence-electron chi connectivity index (χ3n) is 4.38. The summed E-state index contributed by atoms with van der Waals surface area (Å²) in [5.41, 5.74) is 3.64. The molecule has 0 aliphatic heterocycles. The van der Waals surface area contributed by atoms with E-state index in [9.17, 15) is 4.79 Å². The number of halogens is 2. The lowest BCUT2D eigenvalue weighted by molar-refractivity contribution is -0.128. The maximum Gasteiger partial charge on any atom is 0.246 e. The molecule has 0 aliphatic rings. The van der Waals surface area contributed by atoms with Gasteiger partial charge in [-0.2, -0.15) is 0 Å². The Bertz CT molecular complexity index is 1140. The molecule has 3 aromatic heterocycles. The van der Waals surface area contributed by atoms with Gasteiger partial charge in [-0.05, 0) is 32.0 Å². The van der Waals surface area contributed by atoms with Crippen molar-refractivity contribution in [2.45, 2.75) is 19.2 Å². The van der Waals surface area contributed by atoms with E-state index in [4.69, 9.17) is 16.6 Å². The molecule has 1 aromatic carbocycles. The van der Waals surface area contributed by atoms with Crippen LogP contribution in [0.4, 0.5) is 0 Å². The number of thiophene rings is 1. The zero-order valence-electron chi connectivity index (χ0n) is 15.3. The second-order valence-electron chi connectivity index (χ2n) is 6.46. The quantitative estimate of drug-likeness (QED) is 0.384. The van der Waals surface area contributed by atoms with E-state index in [1.54, 1.807) is 36.8 Å². The molecule has 0 bridgehead atoms. The van der Waals surface area contributed by atoms with Crippen molar-refractivity contribution in [1.29, 1.82) is 0 Å². The van der Waals surface area contributed by atoms with E-state index in [-0.39, 0.29) is 18.3 Å². The van der Waals surface area contributed by atoms with Gasteiger partial charge in [0.25, 0.3) is 0 Å². The largest absolute Gasteiger partial charge is 0.347 e. The molecule has 0 aliphatic carbocycles. The molecule has 1 unspecified atom stereocenters. The number of hydrogen-bond donors (Lipinski definition) is 0. The van der Waals surface area contributed by atoms with Crippen molar-refractivity contribution in [3.8, 4) is 11.3 Å². The SMILES string of the molecule is Cc1cc(-c2nc3sc4ccccc4n3c2C(Cl)C(=O)N(C)C)c(C)s1.Cl. The van der Waals surface area contributed by atoms with E-state index < -0.39 is 5.38 Å². The van der Waals surface area contributed by atoms with Crippen LogP contribution in [0.3, 0.4) is 0 Å². The molecule has 1 amide bonds. The summed E-state index contributed by atoms with van der Waals surface area (Å²) >= 11 is 10.0. The zero-order valence-corrected chi connectivity index (χ0v) is 18.5. The van der Waals surface area contributed by atoms with Gasteiger partial charge in [0, 0.05) is 29.4 Å². The molecule has 3 heterocycles. The first-order valence-corrected chi connectivity index (χ1v) is 10.3. The Balaban J connectivity index is 0.00000210. The minimum atomic E-state index is -0.799. The van der Waals surface area contributed by atoms with E-state index in [1.807, 2.05) is 22.6 Å². The lowest BCUT2D eigenvalue weighted by Gasteiger charge is -2.16. The van der Waals surface area contributed by atoms with Crippen molar-refractivity contribution >= 4 is 67.8 Å². The number of nitrogens with zero attached hydrogens (tertiary/aromatic N) is 3. The van der Waals surface area contributed by atoms with Gasteiger partial charge >= 0.3 is 0 Å². The summed E-state index contributed by atoms with van der Waals surface area (Å²) in [6.07, 6.45) is 0. The summed E-state index contributed by atoms with van der Waals surface area (Å²) < 4.78 is 3.17. The number of aryl methyl sites for hydroxylation is 2. The topological polar surface area (TPSA) is 37.6 Å². The summed E-state index contributed by atoms with van der Waals surface area (Å²) in [6, 6.07) is 10.2. The monoisotopic (exact) mass is 439 g/mol. The average Bonchev–Trinajstić information content (AvgIpc) is 3.23. The van der Waals surface area contributed by atoms with Gasteiger partial charge < -0.3 is 4.90 Å². The van der Waals surface area contributed by atoms with Gasteiger partial charge in [0.05, 0.1) is 21.6 Å². The molecule has 27 heavy (non-hydrogen) atoms. The molecule has 0 spiro atoms. The third kappa shape index (κ3) is 3.25. The molecule has 0 saturated carbocycles. The van der Waals surface area contributed by atoms with Crippen LogP contribution in [-0.4, -0.2) is 34.3 Å². The van der Waals surface area contributed by atoms with Gasteiger partial charge in [-0.3, -0.25) is 9.20 Å². The first-order chi connectivity index (χ1) is 12.4. The molecule has 0 N–H and O–H groups in total. The van der Waals surface area contributed by atoms with Gasteiger partial charge in [0.15, 0.2) is 10.3 Å². The van der Waals surface area contributed by atoms with E-state index in [2.05, 4.69) is 26.0 Å². The van der Waals surface area contributed by atoms with Crippen LogP contribution in [0.5, 0.6) is 0 Å². The Kier molecular flexibility index (Phi) is 5.54. The van der Waals surface area contributed by atoms with Gasteiger partial charge in [-0.1, -0.05) is 23.5 Å². The van der Waals surface area contributed by atoms with E-state index >= 15 is 0 Å². The molecule has 0 fully saturated rings. The number of hydrogen-bond acceptors (Lipinski definition) is 4. The van der Waals surface area contributed by atoms with Crippen molar-refractivity contribution in [3.63, 3.8) is 0 Å². The number of aromatic nitrogens is 2. The van der Waals surface area contributed by atoms with Gasteiger partial charge in [-0.15, -0.1) is 35.3 Å². The summed E-state index contributed by atoms with van der Waals surface area (Å²) in [5.74, 6) is -0.144. The van der Waals surface area contributed by atoms with E-state index in [1.165, 1.54) is 14.7 Å². The second-order valence-corrected chi connectivity index (χ2v) is 9.36. The van der Waals surface area contributed by atoms with Crippen molar-refractivity contribution < 1.29 is 4.79 Å². The molecular weight excluding hydrogens is 421 g/mol. The Hall–Kier alpha value is -1.60. The Morgan fingerprint density at radius 1 is 1.22 bits per heavy atom. The Morgan fingerprint density at radius 2 is 1.93 bits per heavy atom. The highest BCUT2D eigenvalue weighted by Crippen LogP contribution is 2.41. The number of alkyl halides is 1. The van der Waals surface area contributed by atoms with Crippen LogP contribution < -0.4 is 0 Å². The maximum absolute atomic E-state index is 12.7.